The number of halogens is 1. The number of nitrogens with one attached hydrogen (secondary N) is 1. The van der Waals surface area contributed by atoms with Crippen molar-refractivity contribution in [1.29, 1.82) is 0 Å². The van der Waals surface area contributed by atoms with Crippen LogP contribution < -0.4 is 15.6 Å². The van der Waals surface area contributed by atoms with Crippen molar-refractivity contribution < 1.29 is 19.1 Å². The Hall–Kier alpha value is -3.34. The summed E-state index contributed by atoms with van der Waals surface area (Å²) in [5, 5.41) is 4.18. The molecule has 0 aliphatic rings. The number of ether oxygens (including phenoxy) is 2. The number of hydrogen-bond acceptors (Lipinski definition) is 8. The van der Waals surface area contributed by atoms with E-state index < -0.39 is 5.97 Å². The first-order chi connectivity index (χ1) is 18.3. The quantitative estimate of drug-likeness (QED) is 0.146. The van der Waals surface area contributed by atoms with Gasteiger partial charge in [-0.25, -0.2) is 9.78 Å². The number of esters is 1. The van der Waals surface area contributed by atoms with Gasteiger partial charge in [-0.1, -0.05) is 35.5 Å². The molecule has 2 heterocycles. The fourth-order valence-corrected chi connectivity index (χ4v) is 5.78. The van der Waals surface area contributed by atoms with Crippen molar-refractivity contribution >= 4 is 62.5 Å². The molecule has 0 atom stereocenters. The maximum Gasteiger partial charge on any atom is 0.348 e. The highest BCUT2D eigenvalue weighted by molar-refractivity contribution is 7.99. The number of fused-ring (bicyclic) bond motifs is 1. The van der Waals surface area contributed by atoms with Gasteiger partial charge in [-0.15, -0.1) is 11.3 Å². The highest BCUT2D eigenvalue weighted by Gasteiger charge is 2.23. The summed E-state index contributed by atoms with van der Waals surface area (Å²) in [6.07, 6.45) is 0. The van der Waals surface area contributed by atoms with Crippen LogP contribution in [-0.4, -0.2) is 40.4 Å². The molecule has 2 aromatic heterocycles. The Labute approximate surface area is 232 Å². The Morgan fingerprint density at radius 3 is 2.45 bits per heavy atom. The van der Waals surface area contributed by atoms with Gasteiger partial charge in [0.05, 0.1) is 30.9 Å². The second-order valence-electron chi connectivity index (χ2n) is 8.16. The molecule has 2 aromatic carbocycles. The van der Waals surface area contributed by atoms with E-state index in [1.807, 2.05) is 19.1 Å². The molecule has 0 unspecified atom stereocenters. The van der Waals surface area contributed by atoms with E-state index in [1.165, 1.54) is 4.57 Å². The molecule has 1 N–H and O–H groups in total. The lowest BCUT2D eigenvalue weighted by molar-refractivity contribution is -0.113. The number of hydrogen-bond donors (Lipinski definition) is 1. The minimum absolute atomic E-state index is 0.0286. The van der Waals surface area contributed by atoms with Gasteiger partial charge in [0.25, 0.3) is 5.56 Å². The molecule has 0 aliphatic carbocycles. The summed E-state index contributed by atoms with van der Waals surface area (Å²) < 4.78 is 12.1. The first kappa shape index (κ1) is 27.7. The third kappa shape index (κ3) is 6.38. The number of nitrogens with zero attached hydrogens (tertiary/aromatic N) is 2. The number of amides is 1. The molecule has 38 heavy (non-hydrogen) atoms. The van der Waals surface area contributed by atoms with E-state index in [9.17, 15) is 14.4 Å². The highest BCUT2D eigenvalue weighted by atomic mass is 35.5. The third-order valence-corrected chi connectivity index (χ3v) is 7.91. The van der Waals surface area contributed by atoms with Gasteiger partial charge in [0.2, 0.25) is 5.91 Å². The Bertz CT molecular complexity index is 1520. The van der Waals surface area contributed by atoms with Crippen LogP contribution in [0.1, 0.15) is 34.6 Å². The molecular weight excluding hydrogens is 546 g/mol. The number of aryl methyl sites for hydroxylation is 1. The van der Waals surface area contributed by atoms with Gasteiger partial charge < -0.3 is 14.8 Å². The number of thioether (sulfide) groups is 1. The molecule has 4 rings (SSSR count). The maximum absolute atomic E-state index is 13.7. The second kappa shape index (κ2) is 12.5. The summed E-state index contributed by atoms with van der Waals surface area (Å²) in [5.74, 6) is 0.0136. The monoisotopic (exact) mass is 571 g/mol. The molecule has 11 heteroatoms. The van der Waals surface area contributed by atoms with E-state index in [2.05, 4.69) is 5.32 Å². The molecule has 0 aliphatic heterocycles. The lowest BCUT2D eigenvalue weighted by Gasteiger charge is -2.13. The van der Waals surface area contributed by atoms with Crippen LogP contribution in [-0.2, 0) is 16.1 Å². The smallest absolute Gasteiger partial charge is 0.348 e. The third-order valence-electron chi connectivity index (χ3n) is 5.51. The van der Waals surface area contributed by atoms with Crippen molar-refractivity contribution in [2.24, 2.45) is 0 Å². The maximum atomic E-state index is 13.7. The number of carbonyl (C=O) groups excluding carboxylic acids is 2. The van der Waals surface area contributed by atoms with Crippen molar-refractivity contribution in [2.45, 2.75) is 32.5 Å². The van der Waals surface area contributed by atoms with Crippen molar-refractivity contribution in [3.05, 3.63) is 79.9 Å². The molecule has 0 saturated heterocycles. The number of thiophene rings is 1. The number of carbonyl (C=O) groups is 2. The Balaban J connectivity index is 1.64. The fourth-order valence-electron chi connectivity index (χ4n) is 3.74. The van der Waals surface area contributed by atoms with Crippen LogP contribution in [0.25, 0.3) is 10.2 Å². The van der Waals surface area contributed by atoms with E-state index >= 15 is 0 Å². The van der Waals surface area contributed by atoms with Gasteiger partial charge in [0, 0.05) is 10.7 Å². The van der Waals surface area contributed by atoms with Gasteiger partial charge in [0.1, 0.15) is 15.5 Å². The van der Waals surface area contributed by atoms with E-state index in [0.29, 0.717) is 43.1 Å². The molecule has 198 valence electrons. The predicted octanol–water partition coefficient (Wildman–Crippen LogP) is 5.77. The number of benzene rings is 2. The summed E-state index contributed by atoms with van der Waals surface area (Å²) in [6, 6.07) is 14.3. The van der Waals surface area contributed by atoms with E-state index in [1.54, 1.807) is 50.2 Å². The van der Waals surface area contributed by atoms with Crippen molar-refractivity contribution in [3.8, 4) is 5.75 Å². The second-order valence-corrected chi connectivity index (χ2v) is 10.5. The summed E-state index contributed by atoms with van der Waals surface area (Å²) >= 11 is 8.30. The predicted molar refractivity (Wildman–Crippen MR) is 152 cm³/mol. The summed E-state index contributed by atoms with van der Waals surface area (Å²) in [4.78, 5) is 44.3. The molecule has 0 spiro atoms. The Morgan fingerprint density at radius 2 is 1.79 bits per heavy atom. The molecule has 4 aromatic rings. The molecule has 0 saturated carbocycles. The SMILES string of the molecule is CCOC(=O)c1sc2nc(SCC(=O)Nc3ccc(OCC)cc3)n(Cc3ccc(Cl)cc3)c(=O)c2c1C. The zero-order chi connectivity index (χ0) is 27.2. The van der Waals surface area contributed by atoms with Crippen molar-refractivity contribution in [2.75, 3.05) is 24.3 Å². The lowest BCUT2D eigenvalue weighted by Crippen LogP contribution is -2.25. The van der Waals surface area contributed by atoms with Crippen LogP contribution in [0.4, 0.5) is 5.69 Å². The topological polar surface area (TPSA) is 99.5 Å². The minimum Gasteiger partial charge on any atom is -0.494 e. The lowest BCUT2D eigenvalue weighted by atomic mass is 10.2. The van der Waals surface area contributed by atoms with Crippen LogP contribution in [0.5, 0.6) is 5.75 Å². The Morgan fingerprint density at radius 1 is 1.08 bits per heavy atom. The van der Waals surface area contributed by atoms with E-state index in [-0.39, 0.29) is 30.4 Å². The van der Waals surface area contributed by atoms with E-state index in [4.69, 9.17) is 26.1 Å². The average Bonchev–Trinajstić information content (AvgIpc) is 3.23. The van der Waals surface area contributed by atoms with Crippen LogP contribution >= 0.6 is 34.7 Å². The normalized spacial score (nSPS) is 10.9. The first-order valence-electron chi connectivity index (χ1n) is 11.9. The summed E-state index contributed by atoms with van der Waals surface area (Å²) in [7, 11) is 0. The Kier molecular flexibility index (Phi) is 9.09. The zero-order valence-corrected chi connectivity index (χ0v) is 23.5. The van der Waals surface area contributed by atoms with Crippen LogP contribution in [0.2, 0.25) is 5.02 Å². The van der Waals surface area contributed by atoms with Gasteiger partial charge in [-0.3, -0.25) is 14.2 Å². The zero-order valence-electron chi connectivity index (χ0n) is 21.1. The van der Waals surface area contributed by atoms with Gasteiger partial charge in [-0.05, 0) is 68.3 Å². The molecule has 0 fully saturated rings. The molecular formula is C27H26ClN3O5S2. The number of rotatable bonds is 10. The number of aromatic nitrogens is 2. The average molecular weight is 572 g/mol. The first-order valence-corrected chi connectivity index (χ1v) is 14.1. The van der Waals surface area contributed by atoms with E-state index in [0.717, 1.165) is 34.4 Å². The highest BCUT2D eigenvalue weighted by Crippen LogP contribution is 2.30. The largest absolute Gasteiger partial charge is 0.494 e. The van der Waals surface area contributed by atoms with Gasteiger partial charge in [0.15, 0.2) is 5.16 Å². The molecule has 8 nitrogen and oxygen atoms in total. The van der Waals surface area contributed by atoms with Crippen LogP contribution in [0.15, 0.2) is 58.5 Å². The van der Waals surface area contributed by atoms with Gasteiger partial charge >= 0.3 is 5.97 Å². The molecule has 0 radical (unpaired) electrons. The van der Waals surface area contributed by atoms with Gasteiger partial charge in [-0.2, -0.15) is 0 Å². The van der Waals surface area contributed by atoms with Crippen LogP contribution in [0, 0.1) is 6.92 Å². The standard InChI is InChI=1S/C27H26ClN3O5S2/c1-4-35-20-12-10-19(11-13-20)29-21(32)15-37-27-30-24-22(16(3)23(38-24)26(34)36-5-2)25(33)31(27)14-17-6-8-18(28)9-7-17/h6-13H,4-5,14-15H2,1-3H3,(H,29,32). The van der Waals surface area contributed by atoms with Crippen LogP contribution in [0.3, 0.4) is 0 Å². The van der Waals surface area contributed by atoms with Crippen molar-refractivity contribution in [1.82, 2.24) is 9.55 Å². The summed E-state index contributed by atoms with van der Waals surface area (Å²) in [6.45, 7) is 6.36. The molecule has 0 bridgehead atoms. The summed E-state index contributed by atoms with van der Waals surface area (Å²) in [5.41, 5.74) is 1.73. The number of anilines is 1. The molecule has 1 amide bonds. The van der Waals surface area contributed by atoms with Crippen molar-refractivity contribution in [3.63, 3.8) is 0 Å². The fraction of sp³-hybridized carbons (Fsp3) is 0.259. The minimum atomic E-state index is -0.486.